The third kappa shape index (κ3) is 4.82. The minimum absolute atomic E-state index is 0.121. The first-order chi connectivity index (χ1) is 16.2. The highest BCUT2D eigenvalue weighted by molar-refractivity contribution is 7.90. The largest absolute Gasteiger partial charge is 0.493 e. The third-order valence-corrected chi connectivity index (χ3v) is 7.73. The van der Waals surface area contributed by atoms with Gasteiger partial charge in [-0.1, -0.05) is 11.3 Å². The number of hydrogen-bond donors (Lipinski definition) is 0. The van der Waals surface area contributed by atoms with E-state index in [1.165, 1.54) is 38.7 Å². The first kappa shape index (κ1) is 24.2. The Kier molecular flexibility index (Phi) is 6.96. The molecular weight excluding hydrogens is 480 g/mol. The molecule has 1 fully saturated rings. The summed E-state index contributed by atoms with van der Waals surface area (Å²) in [4.78, 5) is 20.2. The van der Waals surface area contributed by atoms with Crippen LogP contribution in [0, 0.1) is 0 Å². The minimum Gasteiger partial charge on any atom is -0.493 e. The number of benzene rings is 2. The molecule has 0 N–H and O–H groups in total. The van der Waals surface area contributed by atoms with Crippen molar-refractivity contribution < 1.29 is 32.2 Å². The van der Waals surface area contributed by atoms with Crippen LogP contribution in [0.25, 0.3) is 10.2 Å². The van der Waals surface area contributed by atoms with Gasteiger partial charge in [-0.3, -0.25) is 9.69 Å². The van der Waals surface area contributed by atoms with E-state index in [2.05, 4.69) is 4.98 Å². The fourth-order valence-electron chi connectivity index (χ4n) is 3.84. The summed E-state index contributed by atoms with van der Waals surface area (Å²) in [7, 11) is 1.11. The van der Waals surface area contributed by atoms with Gasteiger partial charge in [-0.05, 0) is 43.2 Å². The van der Waals surface area contributed by atoms with E-state index in [0.29, 0.717) is 51.3 Å². The predicted octanol–water partition coefficient (Wildman–Crippen LogP) is 3.55. The molecule has 4 rings (SSSR count). The molecule has 182 valence electrons. The van der Waals surface area contributed by atoms with Gasteiger partial charge in [-0.15, -0.1) is 0 Å². The third-order valence-electron chi connectivity index (χ3n) is 5.57. The van der Waals surface area contributed by atoms with E-state index < -0.39 is 9.84 Å². The van der Waals surface area contributed by atoms with Gasteiger partial charge in [0.25, 0.3) is 5.91 Å². The molecule has 1 atom stereocenters. The van der Waals surface area contributed by atoms with E-state index in [0.717, 1.165) is 19.1 Å². The highest BCUT2D eigenvalue weighted by Gasteiger charge is 2.29. The number of thiazole rings is 1. The second kappa shape index (κ2) is 9.77. The van der Waals surface area contributed by atoms with Crippen LogP contribution in [0.15, 0.2) is 35.2 Å². The normalized spacial score (nSPS) is 15.9. The fraction of sp³-hybridized carbons (Fsp3) is 0.391. The number of anilines is 1. The Morgan fingerprint density at radius 1 is 1.15 bits per heavy atom. The summed E-state index contributed by atoms with van der Waals surface area (Å²) < 4.78 is 46.6. The van der Waals surface area contributed by atoms with Crippen LogP contribution >= 0.6 is 11.3 Å². The van der Waals surface area contributed by atoms with Crippen molar-refractivity contribution in [1.82, 2.24) is 4.98 Å². The summed E-state index contributed by atoms with van der Waals surface area (Å²) in [6, 6.07) is 7.95. The number of rotatable bonds is 8. The van der Waals surface area contributed by atoms with Gasteiger partial charge in [0.15, 0.2) is 26.5 Å². The van der Waals surface area contributed by atoms with Gasteiger partial charge in [-0.2, -0.15) is 0 Å². The maximum absolute atomic E-state index is 13.8. The van der Waals surface area contributed by atoms with Gasteiger partial charge in [0, 0.05) is 18.4 Å². The van der Waals surface area contributed by atoms with Gasteiger partial charge < -0.3 is 18.9 Å². The second-order valence-corrected chi connectivity index (χ2v) is 10.9. The van der Waals surface area contributed by atoms with Crippen molar-refractivity contribution in [1.29, 1.82) is 0 Å². The molecular formula is C23H26N2O7S2. The van der Waals surface area contributed by atoms with Gasteiger partial charge in [-0.25, -0.2) is 13.4 Å². The molecule has 3 aromatic rings. The lowest BCUT2D eigenvalue weighted by molar-refractivity contribution is 0.0917. The number of methoxy groups -OCH3 is 3. The van der Waals surface area contributed by atoms with Crippen molar-refractivity contribution in [3.8, 4) is 17.2 Å². The average Bonchev–Trinajstić information content (AvgIpc) is 3.49. The van der Waals surface area contributed by atoms with Gasteiger partial charge in [0.05, 0.1) is 49.1 Å². The van der Waals surface area contributed by atoms with E-state index >= 15 is 0 Å². The molecule has 34 heavy (non-hydrogen) atoms. The molecule has 1 aliphatic rings. The van der Waals surface area contributed by atoms with Gasteiger partial charge in [0.2, 0.25) is 5.75 Å². The molecule has 1 unspecified atom stereocenters. The fourth-order valence-corrected chi connectivity index (χ4v) is 5.57. The zero-order valence-corrected chi connectivity index (χ0v) is 21.0. The highest BCUT2D eigenvalue weighted by Crippen LogP contribution is 2.39. The number of fused-ring (bicyclic) bond motifs is 1. The topological polar surface area (TPSA) is 104 Å². The first-order valence-electron chi connectivity index (χ1n) is 10.6. The van der Waals surface area contributed by atoms with E-state index in [9.17, 15) is 13.2 Å². The van der Waals surface area contributed by atoms with Crippen LogP contribution in [0.3, 0.4) is 0 Å². The van der Waals surface area contributed by atoms with Crippen LogP contribution in [-0.4, -0.2) is 66.1 Å². The smallest absolute Gasteiger partial charge is 0.260 e. The van der Waals surface area contributed by atoms with Crippen molar-refractivity contribution in [3.05, 3.63) is 35.9 Å². The lowest BCUT2D eigenvalue weighted by Crippen LogP contribution is -2.37. The van der Waals surface area contributed by atoms with Crippen molar-refractivity contribution in [2.24, 2.45) is 0 Å². The summed E-state index contributed by atoms with van der Waals surface area (Å²) in [6.07, 6.45) is 2.80. The number of carbonyl (C=O) groups excluding carboxylic acids is 1. The zero-order chi connectivity index (χ0) is 24.5. The lowest BCUT2D eigenvalue weighted by atomic mass is 10.1. The monoisotopic (exact) mass is 506 g/mol. The van der Waals surface area contributed by atoms with E-state index in [1.807, 2.05) is 0 Å². The van der Waals surface area contributed by atoms with Crippen LogP contribution in [0.4, 0.5) is 5.13 Å². The molecule has 0 bridgehead atoms. The van der Waals surface area contributed by atoms with Crippen LogP contribution in [0.5, 0.6) is 17.2 Å². The number of amides is 1. The zero-order valence-electron chi connectivity index (χ0n) is 19.4. The number of sulfone groups is 1. The predicted molar refractivity (Wildman–Crippen MR) is 129 cm³/mol. The maximum atomic E-state index is 13.8. The molecule has 1 amide bonds. The lowest BCUT2D eigenvalue weighted by Gasteiger charge is -2.24. The Bertz CT molecular complexity index is 1290. The quantitative estimate of drug-likeness (QED) is 0.457. The SMILES string of the molecule is COc1cc(C(=O)N(CC2CCCO2)c2nc3ccc(S(C)(=O)=O)cc3s2)cc(OC)c1OC. The summed E-state index contributed by atoms with van der Waals surface area (Å²) in [5.41, 5.74) is 0.950. The molecule has 1 aromatic heterocycles. The molecule has 2 heterocycles. The van der Waals surface area contributed by atoms with Crippen molar-refractivity contribution in [2.75, 3.05) is 45.6 Å². The first-order valence-corrected chi connectivity index (χ1v) is 13.3. The molecule has 0 saturated carbocycles. The summed E-state index contributed by atoms with van der Waals surface area (Å²) in [5, 5.41) is 0.454. The summed E-state index contributed by atoms with van der Waals surface area (Å²) in [6.45, 7) is 0.961. The number of carbonyl (C=O) groups is 1. The van der Waals surface area contributed by atoms with Gasteiger partial charge in [0.1, 0.15) is 0 Å². The number of ether oxygens (including phenoxy) is 4. The molecule has 0 spiro atoms. The Hall–Kier alpha value is -2.89. The Morgan fingerprint density at radius 3 is 2.41 bits per heavy atom. The number of nitrogens with zero attached hydrogens (tertiary/aromatic N) is 2. The maximum Gasteiger partial charge on any atom is 0.260 e. The number of aromatic nitrogens is 1. The Balaban J connectivity index is 1.78. The average molecular weight is 507 g/mol. The molecule has 0 aliphatic carbocycles. The van der Waals surface area contributed by atoms with E-state index in [-0.39, 0.29) is 16.9 Å². The van der Waals surface area contributed by atoms with E-state index in [1.54, 1.807) is 29.2 Å². The molecule has 1 saturated heterocycles. The van der Waals surface area contributed by atoms with Crippen LogP contribution in [-0.2, 0) is 14.6 Å². The molecule has 0 radical (unpaired) electrons. The van der Waals surface area contributed by atoms with Crippen molar-refractivity contribution >= 4 is 42.4 Å². The number of hydrogen-bond acceptors (Lipinski definition) is 9. The second-order valence-electron chi connectivity index (χ2n) is 7.86. The standard InChI is InChI=1S/C23H26N2O7S2/c1-29-18-10-14(11-19(30-2)21(18)31-3)22(26)25(13-15-6-5-9-32-15)23-24-17-8-7-16(34(4,27)28)12-20(17)33-23/h7-8,10-12,15H,5-6,9,13H2,1-4H3. The van der Waals surface area contributed by atoms with Crippen LogP contribution in [0.1, 0.15) is 23.2 Å². The van der Waals surface area contributed by atoms with Crippen LogP contribution in [0.2, 0.25) is 0 Å². The van der Waals surface area contributed by atoms with E-state index in [4.69, 9.17) is 18.9 Å². The van der Waals surface area contributed by atoms with Crippen LogP contribution < -0.4 is 19.1 Å². The summed E-state index contributed by atoms with van der Waals surface area (Å²) >= 11 is 1.26. The van der Waals surface area contributed by atoms with Crippen molar-refractivity contribution in [2.45, 2.75) is 23.8 Å². The Labute approximate surface area is 202 Å². The summed E-state index contributed by atoms with van der Waals surface area (Å²) in [5.74, 6) is 0.811. The minimum atomic E-state index is -3.37. The van der Waals surface area contributed by atoms with Gasteiger partial charge >= 0.3 is 0 Å². The Morgan fingerprint density at radius 2 is 1.85 bits per heavy atom. The highest BCUT2D eigenvalue weighted by atomic mass is 32.2. The molecule has 2 aromatic carbocycles. The molecule has 9 nitrogen and oxygen atoms in total. The molecule has 1 aliphatic heterocycles. The molecule has 11 heteroatoms. The van der Waals surface area contributed by atoms with Crippen molar-refractivity contribution in [3.63, 3.8) is 0 Å².